The molecule has 120 valence electrons. The molecule has 2 aromatic heterocycles. The van der Waals surface area contributed by atoms with Crippen molar-refractivity contribution in [3.05, 3.63) is 32.4 Å². The van der Waals surface area contributed by atoms with Crippen LogP contribution in [-0.2, 0) is 12.8 Å². The largest absolute Gasteiger partial charge is 0.491 e. The number of carbonyl (C=O) groups excluding carboxylic acids is 2. The molecule has 23 heavy (non-hydrogen) atoms. The zero-order valence-electron chi connectivity index (χ0n) is 11.8. The SMILES string of the molecule is NC(=O)c1c(NCC(=O)n2cnc([N+](=O)[O-])n2)sc2c1CCC2. The average molecular weight is 336 g/mol. The third-order valence-electron chi connectivity index (χ3n) is 3.47. The highest BCUT2D eigenvalue weighted by atomic mass is 32.1. The van der Waals surface area contributed by atoms with E-state index in [1.807, 2.05) is 0 Å². The minimum atomic E-state index is -0.785. The summed E-state index contributed by atoms with van der Waals surface area (Å²) in [6.45, 7) is -0.180. The van der Waals surface area contributed by atoms with Crippen LogP contribution in [0.3, 0.4) is 0 Å². The van der Waals surface area contributed by atoms with Crippen LogP contribution in [0.4, 0.5) is 10.9 Å². The molecular formula is C12H12N6O4S. The fraction of sp³-hybridized carbons (Fsp3) is 0.333. The van der Waals surface area contributed by atoms with Crippen molar-refractivity contribution in [3.63, 3.8) is 0 Å². The van der Waals surface area contributed by atoms with Crippen molar-refractivity contribution in [2.24, 2.45) is 5.73 Å². The van der Waals surface area contributed by atoms with Crippen molar-refractivity contribution in [3.8, 4) is 0 Å². The fourth-order valence-corrected chi connectivity index (χ4v) is 3.77. The zero-order valence-corrected chi connectivity index (χ0v) is 12.6. The van der Waals surface area contributed by atoms with E-state index in [1.54, 1.807) is 0 Å². The molecule has 0 saturated carbocycles. The Labute approximate surface area is 133 Å². The Morgan fingerprint density at radius 1 is 1.48 bits per heavy atom. The number of rotatable bonds is 5. The molecule has 2 heterocycles. The summed E-state index contributed by atoms with van der Waals surface area (Å²) in [6, 6.07) is 0. The van der Waals surface area contributed by atoms with Crippen LogP contribution in [-0.4, -0.2) is 38.0 Å². The van der Waals surface area contributed by atoms with Gasteiger partial charge in [0.1, 0.15) is 5.00 Å². The van der Waals surface area contributed by atoms with E-state index < -0.39 is 22.7 Å². The lowest BCUT2D eigenvalue weighted by molar-refractivity contribution is -0.394. The maximum absolute atomic E-state index is 12.0. The zero-order chi connectivity index (χ0) is 16.6. The van der Waals surface area contributed by atoms with Crippen molar-refractivity contribution < 1.29 is 14.5 Å². The first kappa shape index (κ1) is 15.1. The molecule has 0 radical (unpaired) electrons. The van der Waals surface area contributed by atoms with E-state index in [0.717, 1.165) is 40.7 Å². The second kappa shape index (κ2) is 5.76. The number of hydrogen-bond donors (Lipinski definition) is 2. The molecule has 11 heteroatoms. The smallest absolute Gasteiger partial charge is 0.390 e. The third-order valence-corrected chi connectivity index (χ3v) is 4.72. The molecule has 1 aliphatic rings. The van der Waals surface area contributed by atoms with E-state index in [0.29, 0.717) is 10.6 Å². The Morgan fingerprint density at radius 2 is 2.26 bits per heavy atom. The summed E-state index contributed by atoms with van der Waals surface area (Å²) in [7, 11) is 0. The van der Waals surface area contributed by atoms with E-state index in [-0.39, 0.29) is 6.54 Å². The average Bonchev–Trinajstić information content (AvgIpc) is 3.18. The molecule has 2 aromatic rings. The van der Waals surface area contributed by atoms with Crippen molar-refractivity contribution in [1.82, 2.24) is 14.8 Å². The van der Waals surface area contributed by atoms with E-state index in [9.17, 15) is 19.7 Å². The molecule has 0 bridgehead atoms. The number of fused-ring (bicyclic) bond motifs is 1. The standard InChI is InChI=1S/C12H12N6O4S/c13-10(20)9-6-2-1-3-7(6)23-11(9)14-4-8(19)17-5-15-12(16-17)18(21)22/h5,14H,1-4H2,(H2,13,20). The van der Waals surface area contributed by atoms with Gasteiger partial charge in [-0.05, 0) is 29.7 Å². The first-order valence-corrected chi connectivity index (χ1v) is 7.56. The van der Waals surface area contributed by atoms with E-state index in [1.165, 1.54) is 11.3 Å². The monoisotopic (exact) mass is 336 g/mol. The molecule has 3 N–H and O–H groups in total. The molecule has 3 rings (SSSR count). The van der Waals surface area contributed by atoms with E-state index in [4.69, 9.17) is 5.73 Å². The number of amides is 1. The van der Waals surface area contributed by atoms with Gasteiger partial charge in [0.25, 0.3) is 11.8 Å². The minimum Gasteiger partial charge on any atom is -0.390 e. The van der Waals surface area contributed by atoms with Crippen molar-refractivity contribution >= 4 is 34.1 Å². The number of hydrogen-bond acceptors (Lipinski definition) is 8. The Kier molecular flexibility index (Phi) is 3.78. The van der Waals surface area contributed by atoms with Gasteiger partial charge in [0.05, 0.1) is 12.1 Å². The van der Waals surface area contributed by atoms with Crippen LogP contribution in [0.25, 0.3) is 0 Å². The number of primary amides is 1. The second-order valence-electron chi connectivity index (χ2n) is 4.92. The summed E-state index contributed by atoms with van der Waals surface area (Å²) in [4.78, 5) is 37.8. The Bertz CT molecular complexity index is 811. The molecule has 1 amide bonds. The molecule has 0 unspecified atom stereocenters. The number of nitrogens with two attached hydrogens (primary N) is 1. The maximum atomic E-state index is 12.0. The number of anilines is 1. The molecule has 1 aliphatic carbocycles. The van der Waals surface area contributed by atoms with Crippen molar-refractivity contribution in [2.75, 3.05) is 11.9 Å². The Morgan fingerprint density at radius 3 is 2.91 bits per heavy atom. The first-order valence-electron chi connectivity index (χ1n) is 6.75. The molecule has 0 aliphatic heterocycles. The number of nitrogens with zero attached hydrogens (tertiary/aromatic N) is 4. The van der Waals surface area contributed by atoms with Gasteiger partial charge in [-0.15, -0.1) is 16.0 Å². The minimum absolute atomic E-state index is 0.180. The molecular weight excluding hydrogens is 324 g/mol. The third kappa shape index (κ3) is 2.77. The lowest BCUT2D eigenvalue weighted by atomic mass is 10.1. The van der Waals surface area contributed by atoms with Gasteiger partial charge >= 0.3 is 5.95 Å². The van der Waals surface area contributed by atoms with Gasteiger partial charge in [0.15, 0.2) is 0 Å². The Hall–Kier alpha value is -2.82. The molecule has 0 atom stereocenters. The van der Waals surface area contributed by atoms with Gasteiger partial charge in [0.2, 0.25) is 6.33 Å². The topological polar surface area (TPSA) is 146 Å². The van der Waals surface area contributed by atoms with Crippen LogP contribution in [0.1, 0.15) is 32.0 Å². The Balaban J connectivity index is 1.74. The fourth-order valence-electron chi connectivity index (χ4n) is 2.48. The number of aromatic nitrogens is 3. The number of carbonyl (C=O) groups is 2. The summed E-state index contributed by atoms with van der Waals surface area (Å²) in [6.07, 6.45) is 3.66. The summed E-state index contributed by atoms with van der Waals surface area (Å²) in [5, 5.41) is 17.4. The molecule has 0 spiro atoms. The highest BCUT2D eigenvalue weighted by Gasteiger charge is 2.26. The number of aryl methyl sites for hydroxylation is 1. The van der Waals surface area contributed by atoms with Gasteiger partial charge in [-0.3, -0.25) is 9.59 Å². The maximum Gasteiger partial charge on any atom is 0.491 e. The van der Waals surface area contributed by atoms with Crippen LogP contribution >= 0.6 is 11.3 Å². The second-order valence-corrected chi connectivity index (χ2v) is 6.02. The predicted octanol–water partition coefficient (Wildman–Crippen LogP) is 0.588. The molecule has 0 aromatic carbocycles. The summed E-state index contributed by atoms with van der Waals surface area (Å²) >= 11 is 1.41. The van der Waals surface area contributed by atoms with Crippen molar-refractivity contribution in [2.45, 2.75) is 19.3 Å². The van der Waals surface area contributed by atoms with Crippen LogP contribution in [0.5, 0.6) is 0 Å². The van der Waals surface area contributed by atoms with Crippen LogP contribution in [0.2, 0.25) is 0 Å². The van der Waals surface area contributed by atoms with Crippen LogP contribution < -0.4 is 11.1 Å². The summed E-state index contributed by atoms with van der Waals surface area (Å²) in [5.41, 5.74) is 6.81. The summed E-state index contributed by atoms with van der Waals surface area (Å²) in [5.74, 6) is -1.71. The van der Waals surface area contributed by atoms with E-state index in [2.05, 4.69) is 15.4 Å². The lowest BCUT2D eigenvalue weighted by Crippen LogP contribution is -2.22. The van der Waals surface area contributed by atoms with Gasteiger partial charge in [0, 0.05) is 9.98 Å². The van der Waals surface area contributed by atoms with Gasteiger partial charge < -0.3 is 21.2 Å². The predicted molar refractivity (Wildman–Crippen MR) is 80.7 cm³/mol. The highest BCUT2D eigenvalue weighted by molar-refractivity contribution is 7.16. The van der Waals surface area contributed by atoms with Crippen molar-refractivity contribution in [1.29, 1.82) is 0 Å². The van der Waals surface area contributed by atoms with Crippen LogP contribution in [0, 0.1) is 10.1 Å². The number of nitrogens with one attached hydrogen (secondary N) is 1. The number of nitro groups is 1. The van der Waals surface area contributed by atoms with E-state index >= 15 is 0 Å². The lowest BCUT2D eigenvalue weighted by Gasteiger charge is -2.05. The first-order chi connectivity index (χ1) is 11.0. The van der Waals surface area contributed by atoms with Gasteiger partial charge in [-0.1, -0.05) is 4.98 Å². The van der Waals surface area contributed by atoms with Gasteiger partial charge in [-0.2, -0.15) is 0 Å². The summed E-state index contributed by atoms with van der Waals surface area (Å²) < 4.78 is 0.788. The number of thiophene rings is 1. The highest BCUT2D eigenvalue weighted by Crippen LogP contribution is 2.38. The molecule has 10 nitrogen and oxygen atoms in total. The van der Waals surface area contributed by atoms with Crippen LogP contribution in [0.15, 0.2) is 6.33 Å². The normalized spacial score (nSPS) is 12.9. The molecule has 0 saturated heterocycles. The molecule has 0 fully saturated rings. The quantitative estimate of drug-likeness (QED) is 0.600. The van der Waals surface area contributed by atoms with Gasteiger partial charge in [-0.25, -0.2) is 0 Å².